The zero-order chi connectivity index (χ0) is 9.26. The summed E-state index contributed by atoms with van der Waals surface area (Å²) in [7, 11) is 0. The van der Waals surface area contributed by atoms with Crippen LogP contribution in [0.1, 0.15) is 5.56 Å². The van der Waals surface area contributed by atoms with Gasteiger partial charge in [0.1, 0.15) is 0 Å². The SMILES string of the molecule is Cc1cc(-n2cccn2)n[nH]c1=O. The summed E-state index contributed by atoms with van der Waals surface area (Å²) in [5, 5.41) is 10.2. The van der Waals surface area contributed by atoms with Crippen LogP contribution in [0, 0.1) is 6.92 Å². The maximum atomic E-state index is 11.0. The Morgan fingerprint density at radius 3 is 3.00 bits per heavy atom. The minimum atomic E-state index is -0.170. The summed E-state index contributed by atoms with van der Waals surface area (Å²) in [6.45, 7) is 1.73. The van der Waals surface area contributed by atoms with Crippen molar-refractivity contribution in [3.05, 3.63) is 40.4 Å². The largest absolute Gasteiger partial charge is 0.268 e. The Kier molecular flexibility index (Phi) is 1.70. The molecule has 0 unspecified atom stereocenters. The average molecular weight is 176 g/mol. The van der Waals surface area contributed by atoms with Crippen LogP contribution in [0.2, 0.25) is 0 Å². The van der Waals surface area contributed by atoms with E-state index in [4.69, 9.17) is 0 Å². The summed E-state index contributed by atoms with van der Waals surface area (Å²) in [5.41, 5.74) is 0.455. The molecule has 0 spiro atoms. The van der Waals surface area contributed by atoms with Gasteiger partial charge in [-0.3, -0.25) is 4.79 Å². The van der Waals surface area contributed by atoms with E-state index in [9.17, 15) is 4.79 Å². The van der Waals surface area contributed by atoms with Gasteiger partial charge in [0.05, 0.1) is 0 Å². The van der Waals surface area contributed by atoms with E-state index in [2.05, 4.69) is 15.3 Å². The van der Waals surface area contributed by atoms with Gasteiger partial charge in [-0.2, -0.15) is 10.2 Å². The number of nitrogens with zero attached hydrogens (tertiary/aromatic N) is 3. The predicted octanol–water partition coefficient (Wildman–Crippen LogP) is 0.264. The summed E-state index contributed by atoms with van der Waals surface area (Å²) < 4.78 is 1.59. The molecule has 5 nitrogen and oxygen atoms in total. The van der Waals surface area contributed by atoms with Gasteiger partial charge in [0.25, 0.3) is 5.56 Å². The Morgan fingerprint density at radius 1 is 1.54 bits per heavy atom. The van der Waals surface area contributed by atoms with Gasteiger partial charge in [-0.1, -0.05) is 0 Å². The first-order valence-corrected chi connectivity index (χ1v) is 3.84. The first-order chi connectivity index (χ1) is 6.27. The molecule has 0 saturated carbocycles. The van der Waals surface area contributed by atoms with Crippen LogP contribution >= 0.6 is 0 Å². The van der Waals surface area contributed by atoms with Crippen LogP contribution < -0.4 is 5.56 Å². The first kappa shape index (κ1) is 7.72. The fraction of sp³-hybridized carbons (Fsp3) is 0.125. The molecule has 0 aromatic carbocycles. The van der Waals surface area contributed by atoms with Gasteiger partial charge in [0.15, 0.2) is 5.82 Å². The summed E-state index contributed by atoms with van der Waals surface area (Å²) in [6.07, 6.45) is 3.42. The highest BCUT2D eigenvalue weighted by Crippen LogP contribution is 1.99. The third kappa shape index (κ3) is 1.35. The van der Waals surface area contributed by atoms with Crippen molar-refractivity contribution in [2.24, 2.45) is 0 Å². The van der Waals surface area contributed by atoms with E-state index in [-0.39, 0.29) is 5.56 Å². The molecule has 5 heteroatoms. The van der Waals surface area contributed by atoms with E-state index in [1.807, 2.05) is 0 Å². The third-order valence-corrected chi connectivity index (χ3v) is 1.71. The highest BCUT2D eigenvalue weighted by atomic mass is 16.1. The molecule has 0 saturated heterocycles. The molecule has 0 aliphatic heterocycles. The predicted molar refractivity (Wildman–Crippen MR) is 46.7 cm³/mol. The fourth-order valence-corrected chi connectivity index (χ4v) is 1.01. The van der Waals surface area contributed by atoms with Crippen LogP contribution in [0.4, 0.5) is 0 Å². The number of aromatic nitrogens is 4. The van der Waals surface area contributed by atoms with E-state index >= 15 is 0 Å². The van der Waals surface area contributed by atoms with Crippen molar-refractivity contribution >= 4 is 0 Å². The van der Waals surface area contributed by atoms with E-state index in [1.165, 1.54) is 0 Å². The van der Waals surface area contributed by atoms with E-state index < -0.39 is 0 Å². The highest BCUT2D eigenvalue weighted by Gasteiger charge is 1.99. The third-order valence-electron chi connectivity index (χ3n) is 1.71. The number of aryl methyl sites for hydroxylation is 1. The summed E-state index contributed by atoms with van der Waals surface area (Å²) in [6, 6.07) is 3.48. The molecule has 2 aromatic rings. The molecule has 2 aromatic heterocycles. The van der Waals surface area contributed by atoms with Crippen molar-refractivity contribution < 1.29 is 0 Å². The van der Waals surface area contributed by atoms with Crippen LogP contribution in [0.15, 0.2) is 29.3 Å². The number of hydrogen-bond donors (Lipinski definition) is 1. The lowest BCUT2D eigenvalue weighted by Gasteiger charge is -1.98. The number of nitrogens with one attached hydrogen (secondary N) is 1. The second kappa shape index (κ2) is 2.85. The Morgan fingerprint density at radius 2 is 2.38 bits per heavy atom. The lowest BCUT2D eigenvalue weighted by atomic mass is 10.3. The molecule has 1 N–H and O–H groups in total. The topological polar surface area (TPSA) is 63.6 Å². The molecular weight excluding hydrogens is 168 g/mol. The number of H-pyrrole nitrogens is 1. The molecular formula is C8H8N4O. The van der Waals surface area contributed by atoms with Gasteiger partial charge in [-0.25, -0.2) is 9.78 Å². The Hall–Kier alpha value is -1.91. The van der Waals surface area contributed by atoms with Gasteiger partial charge in [-0.15, -0.1) is 0 Å². The normalized spacial score (nSPS) is 10.2. The van der Waals surface area contributed by atoms with Crippen LogP contribution in [-0.4, -0.2) is 20.0 Å². The zero-order valence-corrected chi connectivity index (χ0v) is 7.06. The van der Waals surface area contributed by atoms with Gasteiger partial charge in [0.2, 0.25) is 0 Å². The second-order valence-electron chi connectivity index (χ2n) is 2.69. The summed E-state index contributed by atoms with van der Waals surface area (Å²) >= 11 is 0. The number of aromatic amines is 1. The van der Waals surface area contributed by atoms with Crippen molar-refractivity contribution in [3.8, 4) is 5.82 Å². The smallest absolute Gasteiger partial charge is 0.267 e. The number of rotatable bonds is 1. The Balaban J connectivity index is 2.55. The average Bonchev–Trinajstić information content (AvgIpc) is 2.62. The Bertz CT molecular complexity index is 457. The molecule has 2 rings (SSSR count). The van der Waals surface area contributed by atoms with Crippen LogP contribution in [-0.2, 0) is 0 Å². The van der Waals surface area contributed by atoms with Crippen molar-refractivity contribution in [1.82, 2.24) is 20.0 Å². The minimum Gasteiger partial charge on any atom is -0.268 e. The lowest BCUT2D eigenvalue weighted by Crippen LogP contribution is -2.13. The maximum absolute atomic E-state index is 11.0. The quantitative estimate of drug-likeness (QED) is 0.678. The standard InChI is InChI=1S/C8H8N4O/c1-6-5-7(10-11-8(6)13)12-4-2-3-9-12/h2-5H,1H3,(H,11,13). The van der Waals surface area contributed by atoms with Crippen LogP contribution in [0.25, 0.3) is 5.82 Å². The molecule has 0 aliphatic rings. The van der Waals surface area contributed by atoms with Crippen molar-refractivity contribution in [2.45, 2.75) is 6.92 Å². The molecule has 13 heavy (non-hydrogen) atoms. The van der Waals surface area contributed by atoms with E-state index in [0.29, 0.717) is 11.4 Å². The van der Waals surface area contributed by atoms with Gasteiger partial charge in [-0.05, 0) is 19.1 Å². The molecule has 66 valence electrons. The van der Waals surface area contributed by atoms with Gasteiger partial charge >= 0.3 is 0 Å². The van der Waals surface area contributed by atoms with Crippen molar-refractivity contribution in [1.29, 1.82) is 0 Å². The maximum Gasteiger partial charge on any atom is 0.267 e. The van der Waals surface area contributed by atoms with Crippen LogP contribution in [0.5, 0.6) is 0 Å². The minimum absolute atomic E-state index is 0.170. The summed E-state index contributed by atoms with van der Waals surface area (Å²) in [4.78, 5) is 11.0. The molecule has 2 heterocycles. The monoisotopic (exact) mass is 176 g/mol. The molecule has 0 bridgehead atoms. The first-order valence-electron chi connectivity index (χ1n) is 3.84. The summed E-state index contributed by atoms with van der Waals surface area (Å²) in [5.74, 6) is 0.613. The van der Waals surface area contributed by atoms with E-state index in [0.717, 1.165) is 0 Å². The van der Waals surface area contributed by atoms with Crippen LogP contribution in [0.3, 0.4) is 0 Å². The zero-order valence-electron chi connectivity index (χ0n) is 7.06. The molecule has 0 amide bonds. The second-order valence-corrected chi connectivity index (χ2v) is 2.69. The molecule has 0 radical (unpaired) electrons. The molecule has 0 fully saturated rings. The van der Waals surface area contributed by atoms with Crippen molar-refractivity contribution in [2.75, 3.05) is 0 Å². The lowest BCUT2D eigenvalue weighted by molar-refractivity contribution is 0.801. The molecule has 0 aliphatic carbocycles. The van der Waals surface area contributed by atoms with Gasteiger partial charge in [0, 0.05) is 18.0 Å². The van der Waals surface area contributed by atoms with E-state index in [1.54, 1.807) is 36.1 Å². The molecule has 0 atom stereocenters. The van der Waals surface area contributed by atoms with Gasteiger partial charge < -0.3 is 0 Å². The highest BCUT2D eigenvalue weighted by molar-refractivity contribution is 5.22. The Labute approximate surface area is 74.0 Å². The van der Waals surface area contributed by atoms with Crippen molar-refractivity contribution in [3.63, 3.8) is 0 Å². The fourth-order valence-electron chi connectivity index (χ4n) is 1.01. The number of hydrogen-bond acceptors (Lipinski definition) is 3.